The zero-order valence-electron chi connectivity index (χ0n) is 10.5. The molecule has 0 radical (unpaired) electrons. The predicted molar refractivity (Wildman–Crippen MR) is 74.6 cm³/mol. The molecule has 0 spiro atoms. The summed E-state index contributed by atoms with van der Waals surface area (Å²) in [4.78, 5) is 22.1. The molecule has 0 saturated heterocycles. The van der Waals surface area contributed by atoms with Crippen LogP contribution in [0.25, 0.3) is 0 Å². The second-order valence-electron chi connectivity index (χ2n) is 4.29. The third kappa shape index (κ3) is 5.49. The van der Waals surface area contributed by atoms with Crippen LogP contribution < -0.4 is 5.32 Å². The minimum Gasteiger partial charge on any atom is -0.481 e. The van der Waals surface area contributed by atoms with Crippen molar-refractivity contribution >= 4 is 35.1 Å². The molecule has 0 aliphatic heterocycles. The molecule has 0 saturated carbocycles. The van der Waals surface area contributed by atoms with Crippen molar-refractivity contribution in [2.24, 2.45) is 5.92 Å². The summed E-state index contributed by atoms with van der Waals surface area (Å²) >= 11 is 11.7. The van der Waals surface area contributed by atoms with Gasteiger partial charge in [0.15, 0.2) is 0 Å². The van der Waals surface area contributed by atoms with Gasteiger partial charge in [-0.25, -0.2) is 0 Å². The fraction of sp³-hybridized carbons (Fsp3) is 0.385. The average molecular weight is 304 g/mol. The summed E-state index contributed by atoms with van der Waals surface area (Å²) in [6, 6.07) is 5.21. The molecule has 0 fully saturated rings. The van der Waals surface area contributed by atoms with Gasteiger partial charge in [0.05, 0.1) is 16.0 Å². The number of hydrogen-bond donors (Lipinski definition) is 2. The van der Waals surface area contributed by atoms with Gasteiger partial charge < -0.3 is 10.4 Å². The first-order valence-electron chi connectivity index (χ1n) is 5.83. The first-order chi connectivity index (χ1) is 8.90. The van der Waals surface area contributed by atoms with Crippen molar-refractivity contribution in [3.8, 4) is 0 Å². The number of carbonyl (C=O) groups excluding carboxylic acids is 1. The van der Waals surface area contributed by atoms with E-state index in [9.17, 15) is 9.59 Å². The van der Waals surface area contributed by atoms with Gasteiger partial charge in [0.25, 0.3) is 0 Å². The van der Waals surface area contributed by atoms with Crippen LogP contribution in [0.15, 0.2) is 18.2 Å². The van der Waals surface area contributed by atoms with Crippen LogP contribution in [0.4, 0.5) is 0 Å². The number of rotatable bonds is 6. The van der Waals surface area contributed by atoms with Crippen molar-refractivity contribution in [1.29, 1.82) is 0 Å². The Morgan fingerprint density at radius 1 is 1.32 bits per heavy atom. The first kappa shape index (κ1) is 15.8. The van der Waals surface area contributed by atoms with E-state index in [-0.39, 0.29) is 18.9 Å². The van der Waals surface area contributed by atoms with Crippen molar-refractivity contribution in [3.63, 3.8) is 0 Å². The monoisotopic (exact) mass is 303 g/mol. The molecule has 6 heteroatoms. The van der Waals surface area contributed by atoms with Gasteiger partial charge in [-0.1, -0.05) is 36.2 Å². The van der Waals surface area contributed by atoms with Crippen molar-refractivity contribution in [3.05, 3.63) is 33.8 Å². The standard InChI is InChI=1S/C13H15Cl2NO3/c1-8(13(18)19)7-16-12(17)5-3-9-2-4-10(14)11(15)6-9/h2,4,6,8H,3,5,7H2,1H3,(H,16,17)(H,18,19). The molecule has 0 heterocycles. The predicted octanol–water partition coefficient (Wildman–Crippen LogP) is 2.76. The first-order valence-corrected chi connectivity index (χ1v) is 6.59. The fourth-order valence-electron chi connectivity index (χ4n) is 1.40. The minimum absolute atomic E-state index is 0.134. The van der Waals surface area contributed by atoms with E-state index in [1.165, 1.54) is 0 Å². The summed E-state index contributed by atoms with van der Waals surface area (Å²) in [5.74, 6) is -1.70. The number of aliphatic carboxylic acids is 1. The Bertz CT molecular complexity index is 477. The van der Waals surface area contributed by atoms with Crippen LogP contribution in [-0.2, 0) is 16.0 Å². The smallest absolute Gasteiger partial charge is 0.308 e. The molecule has 1 atom stereocenters. The van der Waals surface area contributed by atoms with Gasteiger partial charge in [-0.05, 0) is 24.1 Å². The van der Waals surface area contributed by atoms with Gasteiger partial charge in [0.1, 0.15) is 0 Å². The Labute approximate surface area is 121 Å². The lowest BCUT2D eigenvalue weighted by Gasteiger charge is -2.08. The zero-order chi connectivity index (χ0) is 14.4. The Hall–Kier alpha value is -1.26. The van der Waals surface area contributed by atoms with Crippen molar-refractivity contribution < 1.29 is 14.7 Å². The summed E-state index contributed by atoms with van der Waals surface area (Å²) in [6.07, 6.45) is 0.814. The highest BCUT2D eigenvalue weighted by Gasteiger charge is 2.12. The minimum atomic E-state index is -0.926. The molecule has 0 aliphatic carbocycles. The molecular formula is C13H15Cl2NO3. The third-order valence-electron chi connectivity index (χ3n) is 2.65. The lowest BCUT2D eigenvalue weighted by atomic mass is 10.1. The second-order valence-corrected chi connectivity index (χ2v) is 5.11. The SMILES string of the molecule is CC(CNC(=O)CCc1ccc(Cl)c(Cl)c1)C(=O)O. The molecule has 0 aromatic heterocycles. The number of halogens is 2. The third-order valence-corrected chi connectivity index (χ3v) is 3.39. The number of hydrogen-bond acceptors (Lipinski definition) is 2. The zero-order valence-corrected chi connectivity index (χ0v) is 12.0. The van der Waals surface area contributed by atoms with Crippen LogP contribution in [0.3, 0.4) is 0 Å². The van der Waals surface area contributed by atoms with Gasteiger partial charge in [-0.3, -0.25) is 9.59 Å². The number of carbonyl (C=O) groups is 2. The van der Waals surface area contributed by atoms with Gasteiger partial charge in [0.2, 0.25) is 5.91 Å². The highest BCUT2D eigenvalue weighted by molar-refractivity contribution is 6.42. The van der Waals surface area contributed by atoms with Crippen LogP contribution in [0.2, 0.25) is 10.0 Å². The molecule has 1 aromatic rings. The molecule has 104 valence electrons. The lowest BCUT2D eigenvalue weighted by Crippen LogP contribution is -2.31. The van der Waals surface area contributed by atoms with E-state index in [2.05, 4.69) is 5.32 Å². The quantitative estimate of drug-likeness (QED) is 0.849. The van der Waals surface area contributed by atoms with E-state index in [0.29, 0.717) is 16.5 Å². The van der Waals surface area contributed by atoms with Crippen molar-refractivity contribution in [1.82, 2.24) is 5.32 Å². The van der Waals surface area contributed by atoms with Crippen LogP contribution in [0.5, 0.6) is 0 Å². The molecule has 19 heavy (non-hydrogen) atoms. The maximum Gasteiger partial charge on any atom is 0.308 e. The maximum absolute atomic E-state index is 11.5. The number of amides is 1. The Morgan fingerprint density at radius 3 is 2.58 bits per heavy atom. The van der Waals surface area contributed by atoms with E-state index in [4.69, 9.17) is 28.3 Å². The number of aryl methyl sites for hydroxylation is 1. The van der Waals surface area contributed by atoms with Crippen molar-refractivity contribution in [2.45, 2.75) is 19.8 Å². The van der Waals surface area contributed by atoms with Gasteiger partial charge >= 0.3 is 5.97 Å². The van der Waals surface area contributed by atoms with Crippen LogP contribution in [-0.4, -0.2) is 23.5 Å². The van der Waals surface area contributed by atoms with Crippen molar-refractivity contribution in [2.75, 3.05) is 6.54 Å². The van der Waals surface area contributed by atoms with Gasteiger partial charge in [-0.2, -0.15) is 0 Å². The number of carboxylic acid groups (broad SMARTS) is 1. The highest BCUT2D eigenvalue weighted by atomic mass is 35.5. The summed E-state index contributed by atoms with van der Waals surface area (Å²) in [6.45, 7) is 1.68. The molecule has 4 nitrogen and oxygen atoms in total. The van der Waals surface area contributed by atoms with E-state index >= 15 is 0 Å². The number of benzene rings is 1. The van der Waals surface area contributed by atoms with E-state index in [1.807, 2.05) is 0 Å². The lowest BCUT2D eigenvalue weighted by molar-refractivity contribution is -0.141. The van der Waals surface area contributed by atoms with E-state index in [1.54, 1.807) is 25.1 Å². The molecule has 1 amide bonds. The molecular weight excluding hydrogens is 289 g/mol. The van der Waals surface area contributed by atoms with E-state index in [0.717, 1.165) is 5.56 Å². The summed E-state index contributed by atoms with van der Waals surface area (Å²) in [5.41, 5.74) is 0.913. The molecule has 1 aromatic carbocycles. The highest BCUT2D eigenvalue weighted by Crippen LogP contribution is 2.23. The molecule has 1 rings (SSSR count). The molecule has 0 aliphatic rings. The second kappa shape index (κ2) is 7.36. The Balaban J connectivity index is 2.37. The van der Waals surface area contributed by atoms with Crippen LogP contribution >= 0.6 is 23.2 Å². The van der Waals surface area contributed by atoms with Crippen LogP contribution in [0, 0.1) is 5.92 Å². The number of nitrogens with one attached hydrogen (secondary N) is 1. The number of carboxylic acids is 1. The Morgan fingerprint density at radius 2 is 2.00 bits per heavy atom. The average Bonchev–Trinajstić information content (AvgIpc) is 2.37. The van der Waals surface area contributed by atoms with E-state index < -0.39 is 11.9 Å². The summed E-state index contributed by atoms with van der Waals surface area (Å²) in [5, 5.41) is 12.2. The van der Waals surface area contributed by atoms with Gasteiger partial charge in [0, 0.05) is 13.0 Å². The van der Waals surface area contributed by atoms with Crippen LogP contribution in [0.1, 0.15) is 18.9 Å². The molecule has 1 unspecified atom stereocenters. The summed E-state index contributed by atoms with van der Waals surface area (Å²) < 4.78 is 0. The normalized spacial score (nSPS) is 11.9. The largest absolute Gasteiger partial charge is 0.481 e. The molecule has 0 bridgehead atoms. The summed E-state index contributed by atoms with van der Waals surface area (Å²) in [7, 11) is 0. The maximum atomic E-state index is 11.5. The topological polar surface area (TPSA) is 66.4 Å². The molecule has 2 N–H and O–H groups in total. The van der Waals surface area contributed by atoms with Gasteiger partial charge in [-0.15, -0.1) is 0 Å². The fourth-order valence-corrected chi connectivity index (χ4v) is 1.72. The Kier molecular flexibility index (Phi) is 6.12.